The Bertz CT molecular complexity index is 722. The highest BCUT2D eigenvalue weighted by Gasteiger charge is 2.22. The maximum Gasteiger partial charge on any atom is 0.191 e. The summed E-state index contributed by atoms with van der Waals surface area (Å²) in [6.07, 6.45) is 1.66. The minimum Gasteiger partial charge on any atom is -0.289 e. The highest BCUT2D eigenvalue weighted by atomic mass is 32.2. The van der Waals surface area contributed by atoms with E-state index in [9.17, 15) is 13.6 Å². The molecule has 0 N–H and O–H groups in total. The molecular weight excluding hydrogens is 278 g/mol. The first-order valence-electron chi connectivity index (χ1n) is 6.07. The zero-order chi connectivity index (χ0) is 14.1. The van der Waals surface area contributed by atoms with Crippen LogP contribution in [0.1, 0.15) is 15.9 Å². The van der Waals surface area contributed by atoms with Crippen LogP contribution in [0.5, 0.6) is 0 Å². The lowest BCUT2D eigenvalue weighted by molar-refractivity contribution is 0.103. The first-order chi connectivity index (χ1) is 9.63. The van der Waals surface area contributed by atoms with E-state index in [-0.39, 0.29) is 11.6 Å². The van der Waals surface area contributed by atoms with E-state index in [1.54, 1.807) is 24.3 Å². The van der Waals surface area contributed by atoms with Gasteiger partial charge < -0.3 is 0 Å². The molecule has 0 radical (unpaired) electrons. The maximum absolute atomic E-state index is 13.2. The van der Waals surface area contributed by atoms with Crippen LogP contribution in [0, 0.1) is 11.6 Å². The normalized spacial score (nSPS) is 16.3. The summed E-state index contributed by atoms with van der Waals surface area (Å²) < 4.78 is 26.4. The molecule has 1 aliphatic rings. The van der Waals surface area contributed by atoms with E-state index in [2.05, 4.69) is 0 Å². The SMILES string of the molecule is O=C1C(=Cc2cccc(F)c2)CSc2ccc(F)cc21. The quantitative estimate of drug-likeness (QED) is 0.726. The Hall–Kier alpha value is -1.94. The molecule has 2 aromatic rings. The molecule has 0 aliphatic carbocycles. The van der Waals surface area contributed by atoms with Crippen molar-refractivity contribution in [3.8, 4) is 0 Å². The van der Waals surface area contributed by atoms with Gasteiger partial charge in [0, 0.05) is 21.8 Å². The topological polar surface area (TPSA) is 17.1 Å². The average Bonchev–Trinajstić information content (AvgIpc) is 2.43. The summed E-state index contributed by atoms with van der Waals surface area (Å²) in [6.45, 7) is 0. The molecule has 0 spiro atoms. The number of hydrogen-bond acceptors (Lipinski definition) is 2. The van der Waals surface area contributed by atoms with Crippen LogP contribution >= 0.6 is 11.8 Å². The van der Waals surface area contributed by atoms with E-state index in [0.29, 0.717) is 22.5 Å². The highest BCUT2D eigenvalue weighted by Crippen LogP contribution is 2.33. The van der Waals surface area contributed by atoms with Gasteiger partial charge >= 0.3 is 0 Å². The van der Waals surface area contributed by atoms with Crippen molar-refractivity contribution in [1.82, 2.24) is 0 Å². The van der Waals surface area contributed by atoms with Gasteiger partial charge in [-0.2, -0.15) is 0 Å². The molecule has 0 atom stereocenters. The van der Waals surface area contributed by atoms with Crippen molar-refractivity contribution in [3.05, 3.63) is 70.8 Å². The van der Waals surface area contributed by atoms with Crippen LogP contribution < -0.4 is 0 Å². The number of carbonyl (C=O) groups is 1. The Morgan fingerprint density at radius 1 is 1.05 bits per heavy atom. The number of benzene rings is 2. The number of halogens is 2. The molecule has 1 nitrogen and oxygen atoms in total. The van der Waals surface area contributed by atoms with Gasteiger partial charge in [0.15, 0.2) is 5.78 Å². The Balaban J connectivity index is 2.00. The fraction of sp³-hybridized carbons (Fsp3) is 0.0625. The summed E-state index contributed by atoms with van der Waals surface area (Å²) in [6, 6.07) is 10.3. The van der Waals surface area contributed by atoms with Crippen molar-refractivity contribution in [2.45, 2.75) is 4.90 Å². The third-order valence-corrected chi connectivity index (χ3v) is 4.17. The van der Waals surface area contributed by atoms with Gasteiger partial charge in [0.25, 0.3) is 0 Å². The summed E-state index contributed by atoms with van der Waals surface area (Å²) in [5, 5.41) is 0. The molecule has 0 unspecified atom stereocenters. The van der Waals surface area contributed by atoms with Crippen LogP contribution in [0.25, 0.3) is 6.08 Å². The fourth-order valence-corrected chi connectivity index (χ4v) is 3.10. The lowest BCUT2D eigenvalue weighted by atomic mass is 10.0. The number of rotatable bonds is 1. The number of thioether (sulfide) groups is 1. The van der Waals surface area contributed by atoms with Gasteiger partial charge in [-0.1, -0.05) is 12.1 Å². The van der Waals surface area contributed by atoms with E-state index in [1.807, 2.05) is 0 Å². The standard InChI is InChI=1S/C16H10F2OS/c17-12-3-1-2-10(7-12)6-11-9-20-15-5-4-13(18)8-14(15)16(11)19/h1-8H,9H2. The monoisotopic (exact) mass is 288 g/mol. The number of hydrogen-bond donors (Lipinski definition) is 0. The summed E-state index contributed by atoms with van der Waals surface area (Å²) in [7, 11) is 0. The minimum absolute atomic E-state index is 0.192. The van der Waals surface area contributed by atoms with Crippen molar-refractivity contribution in [2.75, 3.05) is 5.75 Å². The molecular formula is C16H10F2OS. The summed E-state index contributed by atoms with van der Waals surface area (Å²) >= 11 is 1.48. The zero-order valence-electron chi connectivity index (χ0n) is 10.4. The smallest absolute Gasteiger partial charge is 0.191 e. The Morgan fingerprint density at radius 2 is 1.85 bits per heavy atom. The predicted octanol–water partition coefficient (Wildman–Crippen LogP) is 4.34. The predicted molar refractivity (Wildman–Crippen MR) is 75.8 cm³/mol. The summed E-state index contributed by atoms with van der Waals surface area (Å²) in [5.74, 6) is -0.456. The van der Waals surface area contributed by atoms with Crippen LogP contribution in [0.3, 0.4) is 0 Å². The first kappa shape index (κ1) is 13.1. The molecule has 0 aromatic heterocycles. The van der Waals surface area contributed by atoms with E-state index < -0.39 is 5.82 Å². The Morgan fingerprint density at radius 3 is 2.65 bits per heavy atom. The fourth-order valence-electron chi connectivity index (χ4n) is 2.10. The molecule has 0 bridgehead atoms. The van der Waals surface area contributed by atoms with Crippen molar-refractivity contribution in [2.24, 2.45) is 0 Å². The van der Waals surface area contributed by atoms with Crippen molar-refractivity contribution in [1.29, 1.82) is 0 Å². The third kappa shape index (κ3) is 2.51. The van der Waals surface area contributed by atoms with E-state index in [0.717, 1.165) is 4.90 Å². The van der Waals surface area contributed by atoms with Crippen molar-refractivity contribution < 1.29 is 13.6 Å². The molecule has 0 saturated carbocycles. The molecule has 0 amide bonds. The van der Waals surface area contributed by atoms with Gasteiger partial charge in [0.1, 0.15) is 11.6 Å². The molecule has 4 heteroatoms. The van der Waals surface area contributed by atoms with Crippen molar-refractivity contribution >= 4 is 23.6 Å². The molecule has 0 saturated heterocycles. The van der Waals surface area contributed by atoms with Crippen LogP contribution in [0.4, 0.5) is 8.78 Å². The highest BCUT2D eigenvalue weighted by molar-refractivity contribution is 7.99. The lowest BCUT2D eigenvalue weighted by Gasteiger charge is -2.16. The zero-order valence-corrected chi connectivity index (χ0v) is 11.2. The number of ketones is 1. The molecule has 1 heterocycles. The average molecular weight is 288 g/mol. The molecule has 100 valence electrons. The molecule has 3 rings (SSSR count). The van der Waals surface area contributed by atoms with Crippen LogP contribution in [-0.2, 0) is 0 Å². The van der Waals surface area contributed by atoms with E-state index in [1.165, 1.54) is 36.0 Å². The van der Waals surface area contributed by atoms with Crippen molar-refractivity contribution in [3.63, 3.8) is 0 Å². The summed E-state index contributed by atoms with van der Waals surface area (Å²) in [5.41, 5.74) is 1.57. The second kappa shape index (κ2) is 5.21. The van der Waals surface area contributed by atoms with Gasteiger partial charge in [-0.25, -0.2) is 8.78 Å². The Kier molecular flexibility index (Phi) is 3.40. The largest absolute Gasteiger partial charge is 0.289 e. The van der Waals surface area contributed by atoms with Crippen LogP contribution in [-0.4, -0.2) is 11.5 Å². The first-order valence-corrected chi connectivity index (χ1v) is 7.05. The van der Waals surface area contributed by atoms with Gasteiger partial charge in [-0.05, 0) is 42.0 Å². The van der Waals surface area contributed by atoms with Gasteiger partial charge in [-0.15, -0.1) is 11.8 Å². The maximum atomic E-state index is 13.2. The van der Waals surface area contributed by atoms with E-state index in [4.69, 9.17) is 0 Å². The number of carbonyl (C=O) groups excluding carboxylic acids is 1. The number of Topliss-reactive ketones (excluding diaryl/α,β-unsaturated/α-hetero) is 1. The van der Waals surface area contributed by atoms with Gasteiger partial charge in [0.2, 0.25) is 0 Å². The molecule has 2 aromatic carbocycles. The second-order valence-electron chi connectivity index (χ2n) is 4.48. The number of fused-ring (bicyclic) bond motifs is 1. The van der Waals surface area contributed by atoms with Gasteiger partial charge in [-0.3, -0.25) is 4.79 Å². The van der Waals surface area contributed by atoms with Crippen LogP contribution in [0.2, 0.25) is 0 Å². The third-order valence-electron chi connectivity index (χ3n) is 3.05. The van der Waals surface area contributed by atoms with E-state index >= 15 is 0 Å². The Labute approximate surface area is 119 Å². The van der Waals surface area contributed by atoms with Crippen LogP contribution in [0.15, 0.2) is 52.9 Å². The lowest BCUT2D eigenvalue weighted by Crippen LogP contribution is -2.12. The minimum atomic E-state index is -0.426. The second-order valence-corrected chi connectivity index (χ2v) is 5.50. The molecule has 1 aliphatic heterocycles. The molecule has 0 fully saturated rings. The van der Waals surface area contributed by atoms with Gasteiger partial charge in [0.05, 0.1) is 0 Å². The molecule has 20 heavy (non-hydrogen) atoms. The summed E-state index contributed by atoms with van der Waals surface area (Å²) in [4.78, 5) is 13.1.